The average molecular weight is 703 g/mol. The monoisotopic (exact) mass is 702 g/mol. The molecule has 1 unspecified atom stereocenters. The second-order valence-corrected chi connectivity index (χ2v) is 19.2. The molecule has 1 N–H and O–H groups in total. The zero-order chi connectivity index (χ0) is 35.6. The van der Waals surface area contributed by atoms with Crippen molar-refractivity contribution >= 4 is 24.7 Å². The second-order valence-electron chi connectivity index (χ2n) is 14.9. The molecule has 1 saturated heterocycles. The molecule has 0 spiro atoms. The van der Waals surface area contributed by atoms with Gasteiger partial charge >= 0.3 is 5.97 Å². The number of halogens is 1. The normalized spacial score (nSPS) is 24.4. The number of carbonyl (C=O) groups excluding carboxylic acids is 1. The largest absolute Gasteiger partial charge is 0.469 e. The number of esters is 1. The van der Waals surface area contributed by atoms with E-state index >= 15 is 0 Å². The lowest BCUT2D eigenvalue weighted by atomic mass is 9.68. The predicted molar refractivity (Wildman–Crippen MR) is 198 cm³/mol. The Morgan fingerprint density at radius 1 is 0.980 bits per heavy atom. The van der Waals surface area contributed by atoms with Gasteiger partial charge in [-0.15, -0.1) is 0 Å². The SMILES string of the molecule is COC(=O)CCCC=CC[C@@]1(c2ccc(F)cc2)C[C@@H](OC2CCCCO2)[C@H](CO[Si](c2ccccc2)(c2ccccc2)C(C)(C)C)[C@H]1CO. The number of unbranched alkanes of at least 4 members (excludes halogenated alkanes) is 1. The molecule has 2 fully saturated rings. The van der Waals surface area contributed by atoms with Crippen LogP contribution in [0.1, 0.15) is 77.7 Å². The van der Waals surface area contributed by atoms with Crippen molar-refractivity contribution in [2.75, 3.05) is 26.9 Å². The quantitative estimate of drug-likeness (QED) is 0.0767. The van der Waals surface area contributed by atoms with Gasteiger partial charge < -0.3 is 23.7 Å². The van der Waals surface area contributed by atoms with Crippen molar-refractivity contribution in [2.45, 2.75) is 95.0 Å². The van der Waals surface area contributed by atoms with Crippen molar-refractivity contribution in [3.63, 3.8) is 0 Å². The fraction of sp³-hybridized carbons (Fsp3) is 0.500. The van der Waals surface area contributed by atoms with Gasteiger partial charge in [0.2, 0.25) is 0 Å². The summed E-state index contributed by atoms with van der Waals surface area (Å²) in [6.45, 7) is 7.80. The van der Waals surface area contributed by atoms with Gasteiger partial charge in [-0.2, -0.15) is 0 Å². The summed E-state index contributed by atoms with van der Waals surface area (Å²) in [5.74, 6) is -0.911. The summed E-state index contributed by atoms with van der Waals surface area (Å²) in [5.41, 5.74) is 0.434. The summed E-state index contributed by atoms with van der Waals surface area (Å²) in [6, 6.07) is 28.0. The van der Waals surface area contributed by atoms with Crippen LogP contribution in [-0.4, -0.2) is 58.7 Å². The first-order valence-electron chi connectivity index (χ1n) is 18.3. The summed E-state index contributed by atoms with van der Waals surface area (Å²) in [4.78, 5) is 11.7. The number of carbonyl (C=O) groups is 1. The Hall–Kier alpha value is -3.14. The molecular weight excluding hydrogens is 648 g/mol. The van der Waals surface area contributed by atoms with Gasteiger partial charge in [0, 0.05) is 37.6 Å². The van der Waals surface area contributed by atoms with Gasteiger partial charge in [-0.3, -0.25) is 4.79 Å². The van der Waals surface area contributed by atoms with Gasteiger partial charge in [0.05, 0.1) is 13.2 Å². The minimum Gasteiger partial charge on any atom is -0.469 e. The minimum atomic E-state index is -2.90. The van der Waals surface area contributed by atoms with Gasteiger partial charge in [-0.05, 0) is 84.0 Å². The Balaban J connectivity index is 1.55. The van der Waals surface area contributed by atoms with Crippen molar-refractivity contribution in [2.24, 2.45) is 11.8 Å². The van der Waals surface area contributed by atoms with E-state index in [9.17, 15) is 14.3 Å². The first-order chi connectivity index (χ1) is 24.1. The summed E-state index contributed by atoms with van der Waals surface area (Å²) >= 11 is 0. The molecule has 0 amide bonds. The molecule has 8 heteroatoms. The summed E-state index contributed by atoms with van der Waals surface area (Å²) < 4.78 is 39.7. The summed E-state index contributed by atoms with van der Waals surface area (Å²) in [5, 5.41) is 13.6. The van der Waals surface area contributed by atoms with Crippen LogP contribution < -0.4 is 10.4 Å². The Morgan fingerprint density at radius 2 is 1.64 bits per heavy atom. The number of rotatable bonds is 15. The smallest absolute Gasteiger partial charge is 0.305 e. The molecule has 0 radical (unpaired) electrons. The molecule has 2 aliphatic rings. The lowest BCUT2D eigenvalue weighted by molar-refractivity contribution is -0.198. The van der Waals surface area contributed by atoms with Crippen molar-refractivity contribution in [3.8, 4) is 0 Å². The third kappa shape index (κ3) is 8.48. The van der Waals surface area contributed by atoms with Gasteiger partial charge in [-0.1, -0.05) is 106 Å². The van der Waals surface area contributed by atoms with Crippen LogP contribution >= 0.6 is 0 Å². The van der Waals surface area contributed by atoms with Crippen LogP contribution in [0.4, 0.5) is 4.39 Å². The second kappa shape index (κ2) is 17.4. The molecule has 3 aromatic carbocycles. The number of hydrogen-bond donors (Lipinski definition) is 1. The van der Waals surface area contributed by atoms with Crippen molar-refractivity contribution in [3.05, 3.63) is 108 Å². The number of aliphatic hydroxyl groups is 1. The Kier molecular flexibility index (Phi) is 13.2. The van der Waals surface area contributed by atoms with E-state index in [0.717, 1.165) is 31.2 Å². The highest BCUT2D eigenvalue weighted by atomic mass is 28.4. The van der Waals surface area contributed by atoms with Crippen LogP contribution in [0.5, 0.6) is 0 Å². The molecule has 0 aromatic heterocycles. The summed E-state index contributed by atoms with van der Waals surface area (Å²) in [6.07, 6.45) is 9.61. The zero-order valence-electron chi connectivity index (χ0n) is 30.2. The van der Waals surface area contributed by atoms with E-state index in [1.807, 2.05) is 24.3 Å². The Labute approximate surface area is 299 Å². The molecule has 3 aromatic rings. The van der Waals surface area contributed by atoms with Crippen molar-refractivity contribution in [1.82, 2.24) is 0 Å². The highest BCUT2D eigenvalue weighted by Gasteiger charge is 2.57. The molecule has 1 saturated carbocycles. The molecule has 5 atom stereocenters. The molecule has 1 aliphatic heterocycles. The van der Waals surface area contributed by atoms with Gasteiger partial charge in [0.25, 0.3) is 8.32 Å². The lowest BCUT2D eigenvalue weighted by Crippen LogP contribution is -2.67. The number of benzene rings is 3. The van der Waals surface area contributed by atoms with Crippen LogP contribution in [0.3, 0.4) is 0 Å². The van der Waals surface area contributed by atoms with Gasteiger partial charge in [0.1, 0.15) is 5.82 Å². The third-order valence-electron chi connectivity index (χ3n) is 10.9. The maximum Gasteiger partial charge on any atom is 0.305 e. The third-order valence-corrected chi connectivity index (χ3v) is 15.9. The number of aliphatic hydroxyl groups excluding tert-OH is 1. The van der Waals surface area contributed by atoms with Crippen LogP contribution in [0, 0.1) is 17.7 Å². The standard InChI is InChI=1S/C42H55FO6Si/c1-41(2,3)50(34-17-9-7-10-18-34,35-19-11-8-12-20-35)48-31-36-37(30-44)42(32-23-25-33(43)26-24-32,27-15-6-5-13-21-39(45)46-4)29-38(36)49-40-22-14-16-28-47-40/h6-12,15,17-20,23-26,36-38,40,44H,5,13-14,16,21-22,27-31H2,1-4H3/t36-,37-,38-,40?,42+/m1/s1. The molecule has 1 aliphatic carbocycles. The first kappa shape index (κ1) is 38.1. The van der Waals surface area contributed by atoms with Crippen LogP contribution in [0.15, 0.2) is 97.1 Å². The Bertz CT molecular complexity index is 1460. The number of hydrogen-bond acceptors (Lipinski definition) is 6. The van der Waals surface area contributed by atoms with E-state index < -0.39 is 13.7 Å². The fourth-order valence-corrected chi connectivity index (χ4v) is 13.0. The van der Waals surface area contributed by atoms with Crippen molar-refractivity contribution in [1.29, 1.82) is 0 Å². The number of methoxy groups -OCH3 is 1. The summed E-state index contributed by atoms with van der Waals surface area (Å²) in [7, 11) is -1.49. The molecule has 6 nitrogen and oxygen atoms in total. The molecule has 5 rings (SSSR count). The van der Waals surface area contributed by atoms with E-state index in [4.69, 9.17) is 18.6 Å². The maximum atomic E-state index is 14.4. The molecule has 1 heterocycles. The highest BCUT2D eigenvalue weighted by Crippen LogP contribution is 2.53. The number of ether oxygens (including phenoxy) is 3. The zero-order valence-corrected chi connectivity index (χ0v) is 31.2. The lowest BCUT2D eigenvalue weighted by Gasteiger charge is -2.44. The van der Waals surface area contributed by atoms with E-state index in [1.54, 1.807) is 0 Å². The number of allylic oxidation sites excluding steroid dienone is 2. The first-order valence-corrected chi connectivity index (χ1v) is 20.2. The molecule has 270 valence electrons. The van der Waals surface area contributed by atoms with Crippen LogP contribution in [0.2, 0.25) is 5.04 Å². The van der Waals surface area contributed by atoms with Crippen molar-refractivity contribution < 1.29 is 32.9 Å². The molecule has 0 bridgehead atoms. The highest BCUT2D eigenvalue weighted by molar-refractivity contribution is 6.99. The van der Waals surface area contributed by atoms with Crippen LogP contribution in [-0.2, 0) is 28.8 Å². The van der Waals surface area contributed by atoms with E-state index in [2.05, 4.69) is 81.5 Å². The van der Waals surface area contributed by atoms with Gasteiger partial charge in [0.15, 0.2) is 6.29 Å². The topological polar surface area (TPSA) is 74.2 Å². The van der Waals surface area contributed by atoms with Crippen LogP contribution in [0.25, 0.3) is 0 Å². The van der Waals surface area contributed by atoms with E-state index in [0.29, 0.717) is 38.9 Å². The Morgan fingerprint density at radius 3 is 2.20 bits per heavy atom. The average Bonchev–Trinajstić information content (AvgIpc) is 3.43. The van der Waals surface area contributed by atoms with Gasteiger partial charge in [-0.25, -0.2) is 4.39 Å². The van der Waals surface area contributed by atoms with E-state index in [1.165, 1.54) is 29.6 Å². The van der Waals surface area contributed by atoms with E-state index in [-0.39, 0.29) is 47.7 Å². The maximum absolute atomic E-state index is 14.4. The fourth-order valence-electron chi connectivity index (χ4n) is 8.35. The minimum absolute atomic E-state index is 0.0757. The molecular formula is C42H55FO6Si. The molecule has 50 heavy (non-hydrogen) atoms. The predicted octanol–water partition coefficient (Wildman–Crippen LogP) is 7.47.